The smallest absolute Gasteiger partial charge is 0.407 e. The SMILES string of the molecule is [2H]COCC(NC(=O)CNC(=O)CNC(=O)CNC(=O)CNC(=O)CCNC(=O)OCC(C)(C)C)C(=O)NCCOCCOCCOCCOCCOCCOCCOCCOC. The van der Waals surface area contributed by atoms with E-state index >= 15 is 0 Å². The van der Waals surface area contributed by atoms with E-state index in [1.54, 1.807) is 7.11 Å². The van der Waals surface area contributed by atoms with Gasteiger partial charge in [0.05, 0.1) is 140 Å². The third-order valence-electron chi connectivity index (χ3n) is 7.19. The van der Waals surface area contributed by atoms with Gasteiger partial charge in [0.1, 0.15) is 6.04 Å². The first-order valence-corrected chi connectivity index (χ1v) is 20.2. The number of methoxy groups -OCH3 is 2. The van der Waals surface area contributed by atoms with E-state index in [0.29, 0.717) is 85.9 Å². The molecule has 24 nitrogen and oxygen atoms in total. The molecule has 0 rings (SSSR count). The molecule has 0 aliphatic rings. The van der Waals surface area contributed by atoms with Crippen LogP contribution in [0.3, 0.4) is 0 Å². The Bertz CT molecular complexity index is 1270. The number of alkyl carbamates (subject to hydrolysis) is 1. The van der Waals surface area contributed by atoms with Crippen LogP contribution in [0, 0.1) is 5.41 Å². The number of rotatable bonds is 40. The Balaban J connectivity index is 3.93. The van der Waals surface area contributed by atoms with Gasteiger partial charge < -0.3 is 84.6 Å². The zero-order chi connectivity index (χ0) is 46.8. The van der Waals surface area contributed by atoms with Gasteiger partial charge in [-0.2, -0.15) is 0 Å². The minimum atomic E-state index is -1.17. The molecule has 0 saturated carbocycles. The van der Waals surface area contributed by atoms with Crippen molar-refractivity contribution in [2.24, 2.45) is 5.41 Å². The zero-order valence-electron chi connectivity index (χ0n) is 37.7. The lowest BCUT2D eigenvalue weighted by Gasteiger charge is -2.18. The van der Waals surface area contributed by atoms with Crippen LogP contribution < -0.4 is 37.2 Å². The third kappa shape index (κ3) is 39.8. The highest BCUT2D eigenvalue weighted by Gasteiger charge is 2.21. The molecule has 7 N–H and O–H groups in total. The van der Waals surface area contributed by atoms with Gasteiger partial charge in [0.2, 0.25) is 35.4 Å². The fourth-order valence-electron chi connectivity index (χ4n) is 4.08. The minimum absolute atomic E-state index is 0.00496. The molecule has 0 aliphatic heterocycles. The second-order valence-corrected chi connectivity index (χ2v) is 14.0. The molecule has 1 atom stereocenters. The first-order chi connectivity index (χ1) is 30.3. The van der Waals surface area contributed by atoms with Crippen LogP contribution in [-0.4, -0.2) is 213 Å². The average Bonchev–Trinajstić information content (AvgIpc) is 3.25. The predicted molar refractivity (Wildman–Crippen MR) is 220 cm³/mol. The number of hydrogen-bond acceptors (Lipinski definition) is 17. The summed E-state index contributed by atoms with van der Waals surface area (Å²) in [6.07, 6.45) is -0.768. The number of hydrogen-bond donors (Lipinski definition) is 7. The van der Waals surface area contributed by atoms with Gasteiger partial charge in [-0.25, -0.2) is 4.79 Å². The summed E-state index contributed by atoms with van der Waals surface area (Å²) in [5.41, 5.74) is -0.208. The van der Waals surface area contributed by atoms with Crippen LogP contribution in [-0.2, 0) is 76.1 Å². The molecule has 7 amide bonds. The van der Waals surface area contributed by atoms with Crippen molar-refractivity contribution in [3.63, 3.8) is 0 Å². The fraction of sp³-hybridized carbons (Fsp3) is 0.816. The van der Waals surface area contributed by atoms with E-state index in [1.807, 2.05) is 20.8 Å². The quantitative estimate of drug-likeness (QED) is 0.0295. The molecule has 0 spiro atoms. The zero-order valence-corrected chi connectivity index (χ0v) is 36.7. The minimum Gasteiger partial charge on any atom is -0.449 e. The van der Waals surface area contributed by atoms with Crippen LogP contribution in [0.25, 0.3) is 0 Å². The van der Waals surface area contributed by atoms with E-state index in [2.05, 4.69) is 37.2 Å². The van der Waals surface area contributed by atoms with Crippen LogP contribution in [0.2, 0.25) is 0 Å². The molecule has 360 valence electrons. The largest absolute Gasteiger partial charge is 0.449 e. The standard InChI is InChI=1S/C38H71N7O17/c1-38(2,3)29-62-37(52)40-7-6-31(46)41-24-32(47)42-25-33(48)43-26-34(49)44-27-35(50)45-30(28-54-5)36(51)39-8-9-55-12-13-57-16-17-59-20-21-61-23-22-60-19-18-58-15-14-56-11-10-53-4/h30H,6-29H2,1-5H3,(H,39,51)(H,40,52)(H,41,46)(H,42,47)(H,43,48)(H,44,49)(H,45,50)/i5D. The van der Waals surface area contributed by atoms with E-state index in [4.69, 9.17) is 48.7 Å². The van der Waals surface area contributed by atoms with Crippen molar-refractivity contribution in [2.75, 3.05) is 166 Å². The molecule has 62 heavy (non-hydrogen) atoms. The maximum absolute atomic E-state index is 12.6. The molecule has 0 radical (unpaired) electrons. The van der Waals surface area contributed by atoms with Crippen molar-refractivity contribution in [1.82, 2.24) is 37.2 Å². The lowest BCUT2D eigenvalue weighted by molar-refractivity contribution is -0.131. The Morgan fingerprint density at radius 3 is 1.31 bits per heavy atom. The van der Waals surface area contributed by atoms with Crippen molar-refractivity contribution < 1.29 is 82.3 Å². The molecule has 24 heteroatoms. The third-order valence-corrected chi connectivity index (χ3v) is 7.19. The van der Waals surface area contributed by atoms with Crippen molar-refractivity contribution in [3.05, 3.63) is 0 Å². The Hall–Kier alpha value is -4.27. The van der Waals surface area contributed by atoms with E-state index in [0.717, 1.165) is 0 Å². The maximum atomic E-state index is 12.6. The van der Waals surface area contributed by atoms with Gasteiger partial charge in [0, 0.05) is 33.7 Å². The highest BCUT2D eigenvalue weighted by atomic mass is 16.6. The Kier molecular flexibility index (Phi) is 35.6. The second-order valence-electron chi connectivity index (χ2n) is 14.0. The highest BCUT2D eigenvalue weighted by molar-refractivity contribution is 5.92. The summed E-state index contributed by atoms with van der Waals surface area (Å²) in [6, 6.07) is -1.17. The van der Waals surface area contributed by atoms with Crippen LogP contribution >= 0.6 is 0 Å². The molecule has 0 aromatic carbocycles. The Morgan fingerprint density at radius 1 is 0.484 bits per heavy atom. The molecule has 0 saturated heterocycles. The molecule has 0 heterocycles. The van der Waals surface area contributed by atoms with Crippen molar-refractivity contribution in [2.45, 2.75) is 33.2 Å². The van der Waals surface area contributed by atoms with Gasteiger partial charge in [-0.1, -0.05) is 20.8 Å². The number of carbonyl (C=O) groups is 7. The molecular formula is C38H71N7O17. The first kappa shape index (κ1) is 55.7. The Morgan fingerprint density at radius 2 is 0.887 bits per heavy atom. The number of ether oxygens (including phenoxy) is 10. The predicted octanol–water partition coefficient (Wildman–Crippen LogP) is -3.38. The summed E-state index contributed by atoms with van der Waals surface area (Å²) >= 11 is 0. The molecule has 0 bridgehead atoms. The number of carbonyl (C=O) groups excluding carboxylic acids is 7. The Labute approximate surface area is 365 Å². The fourth-order valence-corrected chi connectivity index (χ4v) is 4.08. The molecule has 0 aromatic rings. The van der Waals surface area contributed by atoms with Gasteiger partial charge >= 0.3 is 6.09 Å². The maximum Gasteiger partial charge on any atom is 0.407 e. The molecule has 1 unspecified atom stereocenters. The first-order valence-electron chi connectivity index (χ1n) is 20.9. The number of amides is 7. The van der Waals surface area contributed by atoms with Gasteiger partial charge in [0.25, 0.3) is 0 Å². The van der Waals surface area contributed by atoms with Crippen LogP contribution in [0.1, 0.15) is 28.6 Å². The van der Waals surface area contributed by atoms with Crippen LogP contribution in [0.4, 0.5) is 4.79 Å². The monoisotopic (exact) mass is 898 g/mol. The van der Waals surface area contributed by atoms with E-state index in [-0.39, 0.29) is 51.4 Å². The summed E-state index contributed by atoms with van der Waals surface area (Å²) in [7, 11) is 1.16. The highest BCUT2D eigenvalue weighted by Crippen LogP contribution is 2.12. The van der Waals surface area contributed by atoms with Crippen molar-refractivity contribution in [3.8, 4) is 0 Å². The summed E-state index contributed by atoms with van der Waals surface area (Å²) < 4.78 is 59.9. The second kappa shape index (κ2) is 39.6. The van der Waals surface area contributed by atoms with E-state index in [9.17, 15) is 33.6 Å². The van der Waals surface area contributed by atoms with Gasteiger partial charge in [0.15, 0.2) is 0 Å². The van der Waals surface area contributed by atoms with E-state index in [1.165, 1.54) is 0 Å². The number of nitrogens with one attached hydrogen (secondary N) is 7. The van der Waals surface area contributed by atoms with Crippen molar-refractivity contribution in [1.29, 1.82) is 0 Å². The van der Waals surface area contributed by atoms with Gasteiger partial charge in [-0.3, -0.25) is 28.8 Å². The average molecular weight is 899 g/mol. The van der Waals surface area contributed by atoms with Crippen LogP contribution in [0.15, 0.2) is 0 Å². The summed E-state index contributed by atoms with van der Waals surface area (Å²) in [5, 5.41) is 16.6. The lowest BCUT2D eigenvalue weighted by atomic mass is 9.99. The molecule has 0 fully saturated rings. The van der Waals surface area contributed by atoms with Crippen molar-refractivity contribution >= 4 is 41.5 Å². The van der Waals surface area contributed by atoms with Gasteiger partial charge in [-0.15, -0.1) is 0 Å². The summed E-state index contributed by atoms with van der Waals surface area (Å²) in [5.74, 6) is -3.98. The summed E-state index contributed by atoms with van der Waals surface area (Å²) in [6.45, 7) is 9.98. The summed E-state index contributed by atoms with van der Waals surface area (Å²) in [4.78, 5) is 84.7. The molecule has 0 aliphatic carbocycles. The lowest BCUT2D eigenvalue weighted by Crippen LogP contribution is -2.52. The normalized spacial score (nSPS) is 11.8. The topological polar surface area (TPSA) is 296 Å². The van der Waals surface area contributed by atoms with Gasteiger partial charge in [-0.05, 0) is 5.41 Å². The van der Waals surface area contributed by atoms with Crippen LogP contribution in [0.5, 0.6) is 0 Å². The molecule has 0 aromatic heterocycles. The van der Waals surface area contributed by atoms with E-state index < -0.39 is 80.8 Å². The molecular weight excluding hydrogens is 826 g/mol.